The first-order chi connectivity index (χ1) is 12.7. The molecule has 0 bridgehead atoms. The molecule has 0 saturated carbocycles. The monoisotopic (exact) mass is 348 g/mol. The fourth-order valence-electron chi connectivity index (χ4n) is 2.71. The second-order valence-electron chi connectivity index (χ2n) is 6.32. The van der Waals surface area contributed by atoms with E-state index in [1.54, 1.807) is 13.3 Å². The van der Waals surface area contributed by atoms with E-state index < -0.39 is 0 Å². The van der Waals surface area contributed by atoms with Crippen molar-refractivity contribution < 1.29 is 4.74 Å². The largest absolute Gasteiger partial charge is 0.383 e. The van der Waals surface area contributed by atoms with E-state index in [1.807, 2.05) is 30.6 Å². The van der Waals surface area contributed by atoms with E-state index in [2.05, 4.69) is 51.0 Å². The Morgan fingerprint density at radius 2 is 1.62 bits per heavy atom. The van der Waals surface area contributed by atoms with E-state index >= 15 is 0 Å². The highest BCUT2D eigenvalue weighted by Crippen LogP contribution is 2.13. The molecule has 2 aromatic heterocycles. The molecule has 0 unspecified atom stereocenters. The molecule has 5 heteroatoms. The molecule has 0 amide bonds. The van der Waals surface area contributed by atoms with E-state index in [0.717, 1.165) is 30.9 Å². The van der Waals surface area contributed by atoms with Gasteiger partial charge in [0.05, 0.1) is 6.61 Å². The lowest BCUT2D eigenvalue weighted by Gasteiger charge is -2.22. The van der Waals surface area contributed by atoms with Crippen LogP contribution in [0.4, 0.5) is 0 Å². The minimum absolute atomic E-state index is 0.649. The van der Waals surface area contributed by atoms with Crippen LogP contribution >= 0.6 is 0 Å². The standard InChI is InChI=1S/C21H24N4O/c1-17-6-8-18(9-7-17)15-25(11-12-26-2)16-19-13-23-21(24-14-19)20-5-3-4-10-22-20/h3-10,13-14H,11-12,15-16H2,1-2H3. The lowest BCUT2D eigenvalue weighted by molar-refractivity contribution is 0.140. The van der Waals surface area contributed by atoms with Gasteiger partial charge in [0.2, 0.25) is 0 Å². The normalized spacial score (nSPS) is 11.0. The molecule has 1 aromatic carbocycles. The Morgan fingerprint density at radius 1 is 0.885 bits per heavy atom. The molecule has 0 fully saturated rings. The minimum Gasteiger partial charge on any atom is -0.383 e. The predicted octanol–water partition coefficient (Wildman–Crippen LogP) is 3.50. The zero-order valence-corrected chi connectivity index (χ0v) is 15.3. The van der Waals surface area contributed by atoms with Crippen molar-refractivity contribution in [3.63, 3.8) is 0 Å². The van der Waals surface area contributed by atoms with Crippen molar-refractivity contribution in [3.05, 3.63) is 77.7 Å². The summed E-state index contributed by atoms with van der Waals surface area (Å²) in [6, 6.07) is 14.4. The van der Waals surface area contributed by atoms with Gasteiger partial charge in [-0.05, 0) is 24.6 Å². The zero-order chi connectivity index (χ0) is 18.2. The Bertz CT molecular complexity index is 789. The smallest absolute Gasteiger partial charge is 0.178 e. The molecule has 0 aliphatic carbocycles. The molecule has 0 aliphatic rings. The lowest BCUT2D eigenvalue weighted by atomic mass is 10.1. The molecule has 2 heterocycles. The van der Waals surface area contributed by atoms with Crippen LogP contribution in [0.1, 0.15) is 16.7 Å². The quantitative estimate of drug-likeness (QED) is 0.624. The SMILES string of the molecule is COCCN(Cc1ccc(C)cc1)Cc1cnc(-c2ccccn2)nc1. The number of nitrogens with zero attached hydrogens (tertiary/aromatic N) is 4. The number of hydrogen-bond acceptors (Lipinski definition) is 5. The maximum Gasteiger partial charge on any atom is 0.178 e. The van der Waals surface area contributed by atoms with Gasteiger partial charge < -0.3 is 4.74 Å². The molecule has 3 aromatic rings. The van der Waals surface area contributed by atoms with Gasteiger partial charge in [-0.2, -0.15) is 0 Å². The number of ether oxygens (including phenoxy) is 1. The molecular formula is C21H24N4O. The number of benzene rings is 1. The minimum atomic E-state index is 0.649. The molecule has 3 rings (SSSR count). The average Bonchev–Trinajstić information content (AvgIpc) is 2.69. The summed E-state index contributed by atoms with van der Waals surface area (Å²) in [7, 11) is 1.73. The maximum absolute atomic E-state index is 5.26. The second kappa shape index (κ2) is 9.17. The summed E-state index contributed by atoms with van der Waals surface area (Å²) in [5, 5.41) is 0. The van der Waals surface area contributed by atoms with Gasteiger partial charge in [-0.25, -0.2) is 9.97 Å². The van der Waals surface area contributed by atoms with Crippen LogP contribution in [0.25, 0.3) is 11.5 Å². The number of aromatic nitrogens is 3. The number of aryl methyl sites for hydroxylation is 1. The molecule has 0 aliphatic heterocycles. The highest BCUT2D eigenvalue weighted by Gasteiger charge is 2.09. The summed E-state index contributed by atoms with van der Waals surface area (Å²) in [5.74, 6) is 0.649. The molecular weight excluding hydrogens is 324 g/mol. The fourth-order valence-corrected chi connectivity index (χ4v) is 2.71. The molecule has 0 atom stereocenters. The van der Waals surface area contributed by atoms with Crippen LogP contribution in [0.2, 0.25) is 0 Å². The van der Waals surface area contributed by atoms with Gasteiger partial charge in [0, 0.05) is 50.9 Å². The maximum atomic E-state index is 5.26. The van der Waals surface area contributed by atoms with Gasteiger partial charge >= 0.3 is 0 Å². The Hall–Kier alpha value is -2.63. The van der Waals surface area contributed by atoms with Crippen LogP contribution in [0.15, 0.2) is 61.1 Å². The first-order valence-corrected chi connectivity index (χ1v) is 8.74. The molecule has 5 nitrogen and oxygen atoms in total. The molecule has 0 saturated heterocycles. The van der Waals surface area contributed by atoms with Crippen molar-refractivity contribution in [3.8, 4) is 11.5 Å². The Labute approximate surface area is 154 Å². The van der Waals surface area contributed by atoms with Crippen LogP contribution in [-0.2, 0) is 17.8 Å². The first-order valence-electron chi connectivity index (χ1n) is 8.74. The van der Waals surface area contributed by atoms with Crippen molar-refractivity contribution in [1.82, 2.24) is 19.9 Å². The van der Waals surface area contributed by atoms with Gasteiger partial charge in [0.15, 0.2) is 5.82 Å². The van der Waals surface area contributed by atoms with E-state index in [0.29, 0.717) is 12.4 Å². The third-order valence-corrected chi connectivity index (χ3v) is 4.14. The Balaban J connectivity index is 1.68. The van der Waals surface area contributed by atoms with E-state index in [4.69, 9.17) is 4.74 Å². The Morgan fingerprint density at radius 3 is 2.27 bits per heavy atom. The zero-order valence-electron chi connectivity index (χ0n) is 15.3. The summed E-state index contributed by atoms with van der Waals surface area (Å²) in [6.07, 6.45) is 5.51. The van der Waals surface area contributed by atoms with Crippen LogP contribution < -0.4 is 0 Å². The van der Waals surface area contributed by atoms with Crippen LogP contribution in [0.5, 0.6) is 0 Å². The first kappa shape index (κ1) is 18.2. The number of pyridine rings is 1. The van der Waals surface area contributed by atoms with Crippen molar-refractivity contribution in [2.75, 3.05) is 20.3 Å². The van der Waals surface area contributed by atoms with Crippen molar-refractivity contribution >= 4 is 0 Å². The topological polar surface area (TPSA) is 51.1 Å². The number of hydrogen-bond donors (Lipinski definition) is 0. The molecule has 0 N–H and O–H groups in total. The van der Waals surface area contributed by atoms with E-state index in [1.165, 1.54) is 11.1 Å². The van der Waals surface area contributed by atoms with Crippen LogP contribution in [0, 0.1) is 6.92 Å². The van der Waals surface area contributed by atoms with Gasteiger partial charge in [-0.15, -0.1) is 0 Å². The van der Waals surface area contributed by atoms with Crippen molar-refractivity contribution in [2.45, 2.75) is 20.0 Å². The third-order valence-electron chi connectivity index (χ3n) is 4.14. The summed E-state index contributed by atoms with van der Waals surface area (Å²) >= 11 is 0. The fraction of sp³-hybridized carbons (Fsp3) is 0.286. The number of methoxy groups -OCH3 is 1. The molecule has 26 heavy (non-hydrogen) atoms. The summed E-state index contributed by atoms with van der Waals surface area (Å²) in [4.78, 5) is 15.6. The van der Waals surface area contributed by atoms with Gasteiger partial charge in [0.25, 0.3) is 0 Å². The third kappa shape index (κ3) is 5.18. The highest BCUT2D eigenvalue weighted by atomic mass is 16.5. The summed E-state index contributed by atoms with van der Waals surface area (Å²) in [6.45, 7) is 5.30. The van der Waals surface area contributed by atoms with Crippen LogP contribution in [-0.4, -0.2) is 40.1 Å². The van der Waals surface area contributed by atoms with Crippen LogP contribution in [0.3, 0.4) is 0 Å². The summed E-state index contributed by atoms with van der Waals surface area (Å²) < 4.78 is 5.26. The molecule has 134 valence electrons. The van der Waals surface area contributed by atoms with Crippen molar-refractivity contribution in [2.24, 2.45) is 0 Å². The second-order valence-corrected chi connectivity index (χ2v) is 6.32. The molecule has 0 radical (unpaired) electrons. The van der Waals surface area contributed by atoms with Gasteiger partial charge in [0.1, 0.15) is 5.69 Å². The van der Waals surface area contributed by atoms with Gasteiger partial charge in [-0.3, -0.25) is 9.88 Å². The van der Waals surface area contributed by atoms with E-state index in [-0.39, 0.29) is 0 Å². The predicted molar refractivity (Wildman–Crippen MR) is 102 cm³/mol. The van der Waals surface area contributed by atoms with Crippen molar-refractivity contribution in [1.29, 1.82) is 0 Å². The van der Waals surface area contributed by atoms with Gasteiger partial charge in [-0.1, -0.05) is 35.9 Å². The Kier molecular flexibility index (Phi) is 6.41. The number of rotatable bonds is 8. The summed E-state index contributed by atoms with van der Waals surface area (Å²) in [5.41, 5.74) is 4.43. The van der Waals surface area contributed by atoms with E-state index in [9.17, 15) is 0 Å². The average molecular weight is 348 g/mol. The lowest BCUT2D eigenvalue weighted by Crippen LogP contribution is -2.26. The highest BCUT2D eigenvalue weighted by molar-refractivity contribution is 5.47. The molecule has 0 spiro atoms.